The fourth-order valence-corrected chi connectivity index (χ4v) is 6.72. The second kappa shape index (κ2) is 11.5. The second-order valence-corrected chi connectivity index (χ2v) is 12.8. The molecule has 2 aliphatic rings. The van der Waals surface area contributed by atoms with Crippen LogP contribution in [-0.2, 0) is 14.0 Å². The van der Waals surface area contributed by atoms with Crippen molar-refractivity contribution in [2.75, 3.05) is 0 Å². The molecule has 4 atom stereocenters. The van der Waals surface area contributed by atoms with Gasteiger partial charge < -0.3 is 14.5 Å². The Labute approximate surface area is 231 Å². The predicted molar refractivity (Wildman–Crippen MR) is 148 cm³/mol. The van der Waals surface area contributed by atoms with Crippen molar-refractivity contribution < 1.29 is 23.5 Å². The average Bonchev–Trinajstić information content (AvgIpc) is 2.86. The lowest BCUT2D eigenvalue weighted by Gasteiger charge is -2.54. The number of ether oxygens (including phenoxy) is 1. The minimum absolute atomic E-state index is 0.0961. The highest BCUT2D eigenvalue weighted by Gasteiger charge is 2.58. The third-order valence-corrected chi connectivity index (χ3v) is 8.85. The molecule has 3 radical (unpaired) electrons. The molecule has 1 aromatic rings. The van der Waals surface area contributed by atoms with Crippen LogP contribution in [0.15, 0.2) is 24.3 Å². The maximum Gasteiger partial charge on any atom is 0.267 e. The van der Waals surface area contributed by atoms with Crippen molar-refractivity contribution >= 4 is 28.2 Å². The number of benzene rings is 1. The van der Waals surface area contributed by atoms with E-state index in [9.17, 15) is 14.4 Å². The van der Waals surface area contributed by atoms with Crippen molar-refractivity contribution in [3.8, 4) is 5.75 Å². The molecule has 7 nitrogen and oxygen atoms in total. The van der Waals surface area contributed by atoms with E-state index in [1.165, 1.54) is 4.90 Å². The minimum Gasteiger partial charge on any atom is -0.467 e. The van der Waals surface area contributed by atoms with Gasteiger partial charge in [0.1, 0.15) is 5.75 Å². The van der Waals surface area contributed by atoms with Gasteiger partial charge in [-0.1, -0.05) is 66.5 Å². The number of nitrogens with one attached hydrogen (secondary N) is 1. The molecule has 0 saturated carbocycles. The number of amides is 3. The van der Waals surface area contributed by atoms with E-state index < -0.39 is 29.2 Å². The van der Waals surface area contributed by atoms with Gasteiger partial charge in [-0.25, -0.2) is 4.90 Å². The Morgan fingerprint density at radius 3 is 2.18 bits per heavy atom. The van der Waals surface area contributed by atoms with Gasteiger partial charge in [0.15, 0.2) is 5.72 Å². The van der Waals surface area contributed by atoms with Crippen LogP contribution in [0.3, 0.4) is 0 Å². The summed E-state index contributed by atoms with van der Waals surface area (Å²) in [6.07, 6.45) is 4.61. The molecule has 1 fully saturated rings. The van der Waals surface area contributed by atoms with Crippen LogP contribution < -0.4 is 10.1 Å². The smallest absolute Gasteiger partial charge is 0.267 e. The molecule has 0 unspecified atom stereocenters. The van der Waals surface area contributed by atoms with Crippen molar-refractivity contribution in [1.29, 1.82) is 0 Å². The molecule has 38 heavy (non-hydrogen) atoms. The number of rotatable bonds is 11. The van der Waals surface area contributed by atoms with E-state index in [1.54, 1.807) is 12.1 Å². The van der Waals surface area contributed by atoms with E-state index >= 15 is 0 Å². The summed E-state index contributed by atoms with van der Waals surface area (Å²) in [5.41, 5.74) is -1.61. The highest BCUT2D eigenvalue weighted by Crippen LogP contribution is 2.48. The number of nitrogens with zero attached hydrogens (tertiary/aromatic N) is 1. The normalized spacial score (nSPS) is 22.6. The first-order valence-electron chi connectivity index (χ1n) is 14.1. The molecular formula is C30H45N2O5Si. The summed E-state index contributed by atoms with van der Waals surface area (Å²) in [5, 5.41) is 3.00. The van der Waals surface area contributed by atoms with Crippen molar-refractivity contribution in [1.82, 2.24) is 10.2 Å². The predicted octanol–water partition coefficient (Wildman–Crippen LogP) is 5.42. The molecule has 0 bridgehead atoms. The minimum atomic E-state index is -1.05. The molecule has 209 valence electrons. The van der Waals surface area contributed by atoms with Gasteiger partial charge in [0.25, 0.3) is 5.91 Å². The Bertz CT molecular complexity index is 1030. The summed E-state index contributed by atoms with van der Waals surface area (Å²) in [6, 6.07) is 6.73. The van der Waals surface area contributed by atoms with E-state index in [0.717, 1.165) is 25.7 Å². The Morgan fingerprint density at radius 1 is 1.11 bits per heavy atom. The quantitative estimate of drug-likeness (QED) is 0.299. The van der Waals surface area contributed by atoms with E-state index in [0.29, 0.717) is 24.2 Å². The molecule has 0 aliphatic carbocycles. The van der Waals surface area contributed by atoms with Crippen molar-refractivity contribution in [2.45, 2.75) is 111 Å². The summed E-state index contributed by atoms with van der Waals surface area (Å²) in [5.74, 6) is -1.48. The van der Waals surface area contributed by atoms with Crippen LogP contribution in [0.1, 0.15) is 104 Å². The van der Waals surface area contributed by atoms with Gasteiger partial charge in [0, 0.05) is 18.8 Å². The van der Waals surface area contributed by atoms with Gasteiger partial charge in [0.2, 0.25) is 22.3 Å². The summed E-state index contributed by atoms with van der Waals surface area (Å²) in [4.78, 5) is 42.8. The first-order valence-corrected chi connectivity index (χ1v) is 14.5. The highest BCUT2D eigenvalue weighted by molar-refractivity contribution is 6.08. The molecule has 0 spiro atoms. The monoisotopic (exact) mass is 541 g/mol. The van der Waals surface area contributed by atoms with Gasteiger partial charge in [-0.05, 0) is 44.2 Å². The first-order chi connectivity index (χ1) is 17.8. The summed E-state index contributed by atoms with van der Waals surface area (Å²) < 4.78 is 12.3. The van der Waals surface area contributed by atoms with E-state index in [4.69, 9.17) is 9.16 Å². The van der Waals surface area contributed by atoms with Crippen LogP contribution in [0.2, 0.25) is 0 Å². The van der Waals surface area contributed by atoms with Crippen LogP contribution in [0, 0.1) is 23.2 Å². The third kappa shape index (κ3) is 5.57. The van der Waals surface area contributed by atoms with Crippen LogP contribution in [0.5, 0.6) is 5.75 Å². The zero-order chi connectivity index (χ0) is 28.5. The Hall–Kier alpha value is -2.19. The molecule has 8 heteroatoms. The Morgan fingerprint density at radius 2 is 1.68 bits per heavy atom. The average molecular weight is 542 g/mol. The maximum atomic E-state index is 14.4. The molecule has 3 amide bonds. The molecule has 0 aromatic heterocycles. The van der Waals surface area contributed by atoms with E-state index in [-0.39, 0.29) is 29.1 Å². The number of carbonyl (C=O) groups excluding carboxylic acids is 3. The van der Waals surface area contributed by atoms with Crippen molar-refractivity contribution in [3.63, 3.8) is 0 Å². The lowest BCUT2D eigenvalue weighted by Crippen LogP contribution is -2.71. The zero-order valence-corrected chi connectivity index (χ0v) is 25.3. The molecule has 3 rings (SSSR count). The summed E-state index contributed by atoms with van der Waals surface area (Å²) in [7, 11) is 3.23. The standard InChI is InChI=1S/C30H45N2O5Si/c1-9-11-17-30(18-12-10-2)32(27(35)20-15-13-14-16-21(20)36-30)26(34)19(3)23-22(25(33)31-23)24(28(4,5)6)29(7,8)37-38/h13-16,19,22-24H,9-12,17-18H2,1-8H3,(H,31,33)/t19-,22-,23-,24-/m1/s1. The van der Waals surface area contributed by atoms with Crippen LogP contribution >= 0.6 is 0 Å². The largest absolute Gasteiger partial charge is 0.467 e. The van der Waals surface area contributed by atoms with E-state index in [1.807, 2.05) is 32.9 Å². The van der Waals surface area contributed by atoms with Gasteiger partial charge >= 0.3 is 0 Å². The van der Waals surface area contributed by atoms with Gasteiger partial charge in [-0.15, -0.1) is 0 Å². The summed E-state index contributed by atoms with van der Waals surface area (Å²) >= 11 is 0. The van der Waals surface area contributed by atoms with Crippen LogP contribution in [-0.4, -0.2) is 50.5 Å². The van der Waals surface area contributed by atoms with Crippen molar-refractivity contribution in [2.24, 2.45) is 23.2 Å². The van der Waals surface area contributed by atoms with Gasteiger partial charge in [-0.3, -0.25) is 14.4 Å². The Kier molecular flexibility index (Phi) is 9.19. The molecule has 1 aromatic carbocycles. The third-order valence-electron chi connectivity index (χ3n) is 8.32. The van der Waals surface area contributed by atoms with Crippen LogP contribution in [0.4, 0.5) is 0 Å². The molecule has 1 N–H and O–H groups in total. The maximum absolute atomic E-state index is 14.4. The van der Waals surface area contributed by atoms with Gasteiger partial charge in [-0.2, -0.15) is 0 Å². The number of imide groups is 1. The second-order valence-electron chi connectivity index (χ2n) is 12.6. The SMILES string of the molecule is CCCCC1(CCCC)Oc2ccccc2C(=O)N1C(=O)[C@H](C)[C@H]1NC(=O)[C@H]1[C@H](C(C)(C)C)C(C)(C)O[Si]. The Balaban J connectivity index is 2.04. The molecule has 2 heterocycles. The number of hydrogen-bond donors (Lipinski definition) is 1. The topological polar surface area (TPSA) is 84.9 Å². The number of unbranched alkanes of at least 4 members (excludes halogenated alkanes) is 2. The van der Waals surface area contributed by atoms with Crippen molar-refractivity contribution in [3.05, 3.63) is 29.8 Å². The number of carbonyl (C=O) groups is 3. The van der Waals surface area contributed by atoms with E-state index in [2.05, 4.69) is 50.4 Å². The van der Waals surface area contributed by atoms with Gasteiger partial charge in [0.05, 0.1) is 29.0 Å². The lowest BCUT2D eigenvalue weighted by molar-refractivity contribution is -0.165. The lowest BCUT2D eigenvalue weighted by atomic mass is 9.59. The van der Waals surface area contributed by atoms with Crippen LogP contribution in [0.25, 0.3) is 0 Å². The fourth-order valence-electron chi connectivity index (χ4n) is 6.59. The number of fused-ring (bicyclic) bond motifs is 1. The summed E-state index contributed by atoms with van der Waals surface area (Å²) in [6.45, 7) is 16.1. The molecule has 2 aliphatic heterocycles. The highest BCUT2D eigenvalue weighted by atomic mass is 28.2. The molecule has 1 saturated heterocycles. The molecular weight excluding hydrogens is 496 g/mol. The fraction of sp³-hybridized carbons (Fsp3) is 0.700. The number of β-lactam (4-membered cyclic amide) rings is 1. The first kappa shape index (κ1) is 30.3. The number of hydrogen-bond acceptors (Lipinski definition) is 5. The zero-order valence-electron chi connectivity index (χ0n) is 24.3. The number of para-hydroxylation sites is 1.